The standard InChI is InChI=1S/C18H15N3OS/c1-12-17(16(22)8-7-13-9-10-23-11-13)18-20(2)14-5-3-4-6-15(14)21(18)19-12/h3-11H,1-2H3/b8-7+. The number of para-hydroxylation sites is 2. The summed E-state index contributed by atoms with van der Waals surface area (Å²) in [7, 11) is 1.97. The molecule has 0 aliphatic rings. The molecule has 114 valence electrons. The summed E-state index contributed by atoms with van der Waals surface area (Å²) in [5, 5.41) is 8.58. The van der Waals surface area contributed by atoms with E-state index in [1.54, 1.807) is 17.4 Å². The van der Waals surface area contributed by atoms with Gasteiger partial charge >= 0.3 is 0 Å². The molecule has 0 radical (unpaired) electrons. The van der Waals surface area contributed by atoms with Crippen molar-refractivity contribution >= 4 is 39.9 Å². The van der Waals surface area contributed by atoms with Crippen molar-refractivity contribution in [3.63, 3.8) is 0 Å². The van der Waals surface area contributed by atoms with E-state index >= 15 is 0 Å². The van der Waals surface area contributed by atoms with Gasteiger partial charge in [-0.15, -0.1) is 0 Å². The Morgan fingerprint density at radius 1 is 1.22 bits per heavy atom. The Kier molecular flexibility index (Phi) is 3.16. The summed E-state index contributed by atoms with van der Waals surface area (Å²) in [6, 6.07) is 10.0. The number of imidazole rings is 1. The molecule has 5 heteroatoms. The minimum absolute atomic E-state index is 0.0189. The zero-order valence-corrected chi connectivity index (χ0v) is 13.7. The monoisotopic (exact) mass is 321 g/mol. The van der Waals surface area contributed by atoms with Gasteiger partial charge in [0.1, 0.15) is 5.65 Å². The van der Waals surface area contributed by atoms with Crippen LogP contribution in [0.1, 0.15) is 21.6 Å². The van der Waals surface area contributed by atoms with E-state index in [-0.39, 0.29) is 5.78 Å². The number of carbonyl (C=O) groups is 1. The molecular weight excluding hydrogens is 306 g/mol. The smallest absolute Gasteiger partial charge is 0.191 e. The van der Waals surface area contributed by atoms with Gasteiger partial charge in [-0.05, 0) is 47.5 Å². The van der Waals surface area contributed by atoms with E-state index in [0.29, 0.717) is 5.56 Å². The molecule has 0 unspecified atom stereocenters. The maximum Gasteiger partial charge on any atom is 0.191 e. The predicted molar refractivity (Wildman–Crippen MR) is 94.1 cm³/mol. The van der Waals surface area contributed by atoms with Crippen molar-refractivity contribution in [1.82, 2.24) is 14.2 Å². The Morgan fingerprint density at radius 2 is 2.00 bits per heavy atom. The molecule has 4 rings (SSSR count). The molecule has 4 nitrogen and oxygen atoms in total. The van der Waals surface area contributed by atoms with Crippen molar-refractivity contribution in [1.29, 1.82) is 0 Å². The number of aromatic nitrogens is 3. The summed E-state index contributed by atoms with van der Waals surface area (Å²) in [5.74, 6) is -0.0189. The van der Waals surface area contributed by atoms with Crippen LogP contribution >= 0.6 is 11.3 Å². The number of rotatable bonds is 3. The third-order valence-corrected chi connectivity index (χ3v) is 4.74. The second-order valence-electron chi connectivity index (χ2n) is 5.50. The third kappa shape index (κ3) is 2.12. The lowest BCUT2D eigenvalue weighted by molar-refractivity contribution is 0.104. The second kappa shape index (κ2) is 5.21. The van der Waals surface area contributed by atoms with Gasteiger partial charge in [-0.1, -0.05) is 18.2 Å². The molecule has 0 spiro atoms. The number of allylic oxidation sites excluding steroid dienone is 1. The van der Waals surface area contributed by atoms with Crippen LogP contribution in [0.2, 0.25) is 0 Å². The van der Waals surface area contributed by atoms with Crippen LogP contribution in [0.15, 0.2) is 47.2 Å². The molecule has 4 aromatic rings. The number of benzene rings is 1. The van der Waals surface area contributed by atoms with E-state index in [0.717, 1.165) is 27.9 Å². The SMILES string of the molecule is Cc1nn2c3ccccc3n(C)c2c1C(=O)/C=C/c1ccsc1. The molecule has 0 aliphatic carbocycles. The van der Waals surface area contributed by atoms with E-state index in [9.17, 15) is 4.79 Å². The lowest BCUT2D eigenvalue weighted by atomic mass is 10.1. The van der Waals surface area contributed by atoms with Crippen molar-refractivity contribution in [2.45, 2.75) is 6.92 Å². The summed E-state index contributed by atoms with van der Waals surface area (Å²) in [5.41, 5.74) is 5.36. The first-order valence-corrected chi connectivity index (χ1v) is 8.28. The number of aryl methyl sites for hydroxylation is 2. The average Bonchev–Trinajstić information content (AvgIpc) is 3.24. The molecule has 0 amide bonds. The minimum atomic E-state index is -0.0189. The molecule has 0 bridgehead atoms. The van der Waals surface area contributed by atoms with Crippen LogP contribution in [0.4, 0.5) is 0 Å². The molecule has 0 atom stereocenters. The van der Waals surface area contributed by atoms with Crippen molar-refractivity contribution in [2.24, 2.45) is 7.05 Å². The highest BCUT2D eigenvalue weighted by atomic mass is 32.1. The Morgan fingerprint density at radius 3 is 2.74 bits per heavy atom. The van der Waals surface area contributed by atoms with Crippen molar-refractivity contribution in [2.75, 3.05) is 0 Å². The predicted octanol–water partition coefficient (Wildman–Crippen LogP) is 4.09. The summed E-state index contributed by atoms with van der Waals surface area (Å²) < 4.78 is 3.89. The number of hydrogen-bond acceptors (Lipinski definition) is 3. The van der Waals surface area contributed by atoms with E-state index in [1.165, 1.54) is 0 Å². The zero-order valence-electron chi connectivity index (χ0n) is 12.9. The van der Waals surface area contributed by atoms with E-state index < -0.39 is 0 Å². The summed E-state index contributed by atoms with van der Waals surface area (Å²) in [6.45, 7) is 1.88. The van der Waals surface area contributed by atoms with Crippen LogP contribution in [0, 0.1) is 6.92 Å². The summed E-state index contributed by atoms with van der Waals surface area (Å²) in [6.07, 6.45) is 3.48. The van der Waals surface area contributed by atoms with Crippen molar-refractivity contribution in [3.05, 3.63) is 64.0 Å². The molecule has 1 aromatic carbocycles. The van der Waals surface area contributed by atoms with Gasteiger partial charge in [0, 0.05) is 7.05 Å². The van der Waals surface area contributed by atoms with Crippen LogP contribution in [-0.4, -0.2) is 20.0 Å². The van der Waals surface area contributed by atoms with Gasteiger partial charge in [0.05, 0.1) is 22.3 Å². The topological polar surface area (TPSA) is 39.3 Å². The average molecular weight is 321 g/mol. The molecule has 0 saturated carbocycles. The van der Waals surface area contributed by atoms with Crippen molar-refractivity contribution < 1.29 is 4.79 Å². The Balaban J connectivity index is 1.89. The maximum absolute atomic E-state index is 12.7. The van der Waals surface area contributed by atoms with Gasteiger partial charge in [0.2, 0.25) is 0 Å². The first-order valence-electron chi connectivity index (χ1n) is 7.34. The zero-order chi connectivity index (χ0) is 16.0. The molecule has 3 heterocycles. The molecule has 23 heavy (non-hydrogen) atoms. The van der Waals surface area contributed by atoms with E-state index in [4.69, 9.17) is 0 Å². The molecule has 0 aliphatic heterocycles. The molecule has 0 fully saturated rings. The fourth-order valence-electron chi connectivity index (χ4n) is 2.95. The first-order chi connectivity index (χ1) is 11.2. The number of hydrogen-bond donors (Lipinski definition) is 0. The van der Waals surface area contributed by atoms with Crippen LogP contribution in [0.25, 0.3) is 22.8 Å². The third-order valence-electron chi connectivity index (χ3n) is 4.04. The Bertz CT molecular complexity index is 1050. The van der Waals surface area contributed by atoms with Gasteiger partial charge < -0.3 is 4.57 Å². The van der Waals surface area contributed by atoms with Gasteiger partial charge in [0.25, 0.3) is 0 Å². The number of fused-ring (bicyclic) bond motifs is 3. The number of nitrogens with zero attached hydrogens (tertiary/aromatic N) is 3. The Hall–Kier alpha value is -2.66. The van der Waals surface area contributed by atoms with E-state index in [1.807, 2.05) is 70.2 Å². The van der Waals surface area contributed by atoms with Crippen LogP contribution in [0.5, 0.6) is 0 Å². The maximum atomic E-state index is 12.7. The van der Waals surface area contributed by atoms with Crippen LogP contribution in [0.3, 0.4) is 0 Å². The highest BCUT2D eigenvalue weighted by molar-refractivity contribution is 7.08. The molecule has 3 aromatic heterocycles. The fourth-order valence-corrected chi connectivity index (χ4v) is 3.58. The summed E-state index contributed by atoms with van der Waals surface area (Å²) in [4.78, 5) is 12.7. The first kappa shape index (κ1) is 14.0. The lowest BCUT2D eigenvalue weighted by Gasteiger charge is -1.98. The second-order valence-corrected chi connectivity index (χ2v) is 6.28. The molecule has 0 saturated heterocycles. The number of thiophene rings is 1. The lowest BCUT2D eigenvalue weighted by Crippen LogP contribution is -1.99. The van der Waals surface area contributed by atoms with Gasteiger partial charge in [-0.25, -0.2) is 4.52 Å². The van der Waals surface area contributed by atoms with E-state index in [2.05, 4.69) is 5.10 Å². The highest BCUT2D eigenvalue weighted by Crippen LogP contribution is 2.25. The van der Waals surface area contributed by atoms with Gasteiger partial charge in [0.15, 0.2) is 5.78 Å². The number of ketones is 1. The fraction of sp³-hybridized carbons (Fsp3) is 0.111. The minimum Gasteiger partial charge on any atom is -0.327 e. The Labute approximate surface area is 137 Å². The highest BCUT2D eigenvalue weighted by Gasteiger charge is 2.20. The molecular formula is C18H15N3OS. The van der Waals surface area contributed by atoms with Crippen LogP contribution in [-0.2, 0) is 7.05 Å². The molecule has 0 N–H and O–H groups in total. The number of carbonyl (C=O) groups excluding carboxylic acids is 1. The summed E-state index contributed by atoms with van der Waals surface area (Å²) >= 11 is 1.62. The van der Waals surface area contributed by atoms with Crippen molar-refractivity contribution in [3.8, 4) is 0 Å². The van der Waals surface area contributed by atoms with Gasteiger partial charge in [-0.3, -0.25) is 4.79 Å². The van der Waals surface area contributed by atoms with Gasteiger partial charge in [-0.2, -0.15) is 16.4 Å². The van der Waals surface area contributed by atoms with Crippen LogP contribution < -0.4 is 0 Å². The quantitative estimate of drug-likeness (QED) is 0.421. The normalized spacial score (nSPS) is 11.9. The largest absolute Gasteiger partial charge is 0.327 e.